The van der Waals surface area contributed by atoms with E-state index in [1.807, 2.05) is 12.4 Å². The molecule has 4 nitrogen and oxygen atoms in total. The number of nitrogens with zero attached hydrogens (tertiary/aromatic N) is 3. The summed E-state index contributed by atoms with van der Waals surface area (Å²) < 4.78 is 0. The third-order valence-electron chi connectivity index (χ3n) is 4.15. The molecule has 0 aliphatic carbocycles. The van der Waals surface area contributed by atoms with Crippen molar-refractivity contribution in [2.75, 3.05) is 6.54 Å². The fourth-order valence-electron chi connectivity index (χ4n) is 3.11. The van der Waals surface area contributed by atoms with E-state index in [1.165, 1.54) is 37.1 Å². The third-order valence-corrected chi connectivity index (χ3v) is 4.15. The summed E-state index contributed by atoms with van der Waals surface area (Å²) in [5, 5.41) is 0. The summed E-state index contributed by atoms with van der Waals surface area (Å²) in [6, 6.07) is 5.04. The SMILES string of the molecule is Cc1cc(CCC2CCCN2Cc2cnc[nH]2)ccn1. The number of aryl methyl sites for hydroxylation is 2. The Hall–Kier alpha value is -1.68. The first-order valence-electron chi connectivity index (χ1n) is 7.44. The van der Waals surface area contributed by atoms with Gasteiger partial charge in [-0.15, -0.1) is 0 Å². The van der Waals surface area contributed by atoms with Crippen LogP contribution in [0.1, 0.15) is 36.2 Å². The quantitative estimate of drug-likeness (QED) is 0.908. The van der Waals surface area contributed by atoms with Gasteiger partial charge in [-0.05, 0) is 56.8 Å². The fraction of sp³-hybridized carbons (Fsp3) is 0.500. The summed E-state index contributed by atoms with van der Waals surface area (Å²) in [6.45, 7) is 4.27. The van der Waals surface area contributed by atoms with E-state index >= 15 is 0 Å². The molecule has 1 atom stereocenters. The van der Waals surface area contributed by atoms with Gasteiger partial charge < -0.3 is 4.98 Å². The molecule has 0 radical (unpaired) electrons. The molecule has 3 rings (SSSR count). The Balaban J connectivity index is 1.56. The second kappa shape index (κ2) is 6.18. The zero-order valence-corrected chi connectivity index (χ0v) is 12.0. The molecule has 0 spiro atoms. The van der Waals surface area contributed by atoms with Crippen molar-refractivity contribution >= 4 is 0 Å². The molecular weight excluding hydrogens is 248 g/mol. The number of nitrogens with one attached hydrogen (secondary N) is 1. The van der Waals surface area contributed by atoms with Gasteiger partial charge in [0.1, 0.15) is 0 Å². The van der Waals surface area contributed by atoms with E-state index in [4.69, 9.17) is 0 Å². The van der Waals surface area contributed by atoms with Gasteiger partial charge in [0, 0.05) is 36.4 Å². The Morgan fingerprint density at radius 2 is 2.40 bits per heavy atom. The number of hydrogen-bond acceptors (Lipinski definition) is 3. The first-order chi connectivity index (χ1) is 9.81. The maximum Gasteiger partial charge on any atom is 0.0922 e. The Morgan fingerprint density at radius 3 is 3.20 bits per heavy atom. The highest BCUT2D eigenvalue weighted by Gasteiger charge is 2.24. The van der Waals surface area contributed by atoms with Crippen LogP contribution < -0.4 is 0 Å². The summed E-state index contributed by atoms with van der Waals surface area (Å²) in [5.74, 6) is 0. The number of hydrogen-bond donors (Lipinski definition) is 1. The number of pyridine rings is 1. The van der Waals surface area contributed by atoms with Crippen molar-refractivity contribution in [1.29, 1.82) is 0 Å². The van der Waals surface area contributed by atoms with Gasteiger partial charge in [0.05, 0.1) is 6.33 Å². The van der Waals surface area contributed by atoms with Crippen molar-refractivity contribution in [2.24, 2.45) is 0 Å². The molecular formula is C16H22N4. The van der Waals surface area contributed by atoms with Crippen molar-refractivity contribution in [1.82, 2.24) is 19.9 Å². The summed E-state index contributed by atoms with van der Waals surface area (Å²) in [7, 11) is 0. The van der Waals surface area contributed by atoms with Gasteiger partial charge in [0.2, 0.25) is 0 Å². The van der Waals surface area contributed by atoms with E-state index in [0.29, 0.717) is 6.04 Å². The second-order valence-corrected chi connectivity index (χ2v) is 5.69. The van der Waals surface area contributed by atoms with Crippen LogP contribution in [0.25, 0.3) is 0 Å². The van der Waals surface area contributed by atoms with Crippen LogP contribution in [0.5, 0.6) is 0 Å². The maximum atomic E-state index is 4.26. The molecule has 1 aliphatic rings. The summed E-state index contributed by atoms with van der Waals surface area (Å²) in [4.78, 5) is 14.2. The molecule has 2 aromatic rings. The zero-order chi connectivity index (χ0) is 13.8. The second-order valence-electron chi connectivity index (χ2n) is 5.69. The first-order valence-corrected chi connectivity index (χ1v) is 7.44. The van der Waals surface area contributed by atoms with E-state index in [0.717, 1.165) is 18.7 Å². The Bertz CT molecular complexity index is 535. The van der Waals surface area contributed by atoms with Crippen LogP contribution in [0.2, 0.25) is 0 Å². The lowest BCUT2D eigenvalue weighted by Gasteiger charge is -2.23. The van der Waals surface area contributed by atoms with Crippen molar-refractivity contribution in [3.63, 3.8) is 0 Å². The Kier molecular flexibility index (Phi) is 4.11. The van der Waals surface area contributed by atoms with E-state index in [-0.39, 0.29) is 0 Å². The number of rotatable bonds is 5. The standard InChI is InChI=1S/C16H22N4/c1-13-9-14(6-7-18-13)4-5-16-3-2-8-20(16)11-15-10-17-12-19-15/h6-7,9-10,12,16H,2-5,8,11H2,1H3,(H,17,19). The highest BCUT2D eigenvalue weighted by Crippen LogP contribution is 2.23. The highest BCUT2D eigenvalue weighted by molar-refractivity contribution is 5.15. The van der Waals surface area contributed by atoms with Gasteiger partial charge in [0.25, 0.3) is 0 Å². The van der Waals surface area contributed by atoms with Crippen molar-refractivity contribution in [3.8, 4) is 0 Å². The molecule has 3 heterocycles. The largest absolute Gasteiger partial charge is 0.347 e. The van der Waals surface area contributed by atoms with Crippen LogP contribution in [0.4, 0.5) is 0 Å². The smallest absolute Gasteiger partial charge is 0.0922 e. The first kappa shape index (κ1) is 13.3. The van der Waals surface area contributed by atoms with Crippen molar-refractivity contribution in [3.05, 3.63) is 47.8 Å². The predicted molar refractivity (Wildman–Crippen MR) is 79.3 cm³/mol. The number of aromatic nitrogens is 3. The Labute approximate surface area is 120 Å². The van der Waals surface area contributed by atoms with E-state index in [9.17, 15) is 0 Å². The number of likely N-dealkylation sites (tertiary alicyclic amines) is 1. The molecule has 1 fully saturated rings. The van der Waals surface area contributed by atoms with Gasteiger partial charge in [-0.1, -0.05) is 0 Å². The fourth-order valence-corrected chi connectivity index (χ4v) is 3.11. The molecule has 2 aromatic heterocycles. The molecule has 20 heavy (non-hydrogen) atoms. The topological polar surface area (TPSA) is 44.8 Å². The highest BCUT2D eigenvalue weighted by atomic mass is 15.2. The molecule has 4 heteroatoms. The van der Waals surface area contributed by atoms with Gasteiger partial charge in [0.15, 0.2) is 0 Å². The summed E-state index contributed by atoms with van der Waals surface area (Å²) in [6.07, 6.45) is 10.6. The molecule has 0 aromatic carbocycles. The molecule has 1 saturated heterocycles. The number of imidazole rings is 1. The number of aromatic amines is 1. The molecule has 0 amide bonds. The lowest BCUT2D eigenvalue weighted by Crippen LogP contribution is -2.29. The monoisotopic (exact) mass is 270 g/mol. The van der Waals surface area contributed by atoms with Crippen molar-refractivity contribution < 1.29 is 0 Å². The maximum absolute atomic E-state index is 4.26. The van der Waals surface area contributed by atoms with Gasteiger partial charge in [-0.25, -0.2) is 4.98 Å². The average molecular weight is 270 g/mol. The third kappa shape index (κ3) is 3.25. The van der Waals surface area contributed by atoms with E-state index < -0.39 is 0 Å². The van der Waals surface area contributed by atoms with Crippen LogP contribution in [-0.4, -0.2) is 32.4 Å². The van der Waals surface area contributed by atoms with E-state index in [1.54, 1.807) is 6.33 Å². The van der Waals surface area contributed by atoms with Crippen LogP contribution >= 0.6 is 0 Å². The Morgan fingerprint density at radius 1 is 1.45 bits per heavy atom. The minimum Gasteiger partial charge on any atom is -0.347 e. The van der Waals surface area contributed by atoms with Crippen LogP contribution in [-0.2, 0) is 13.0 Å². The zero-order valence-electron chi connectivity index (χ0n) is 12.0. The predicted octanol–water partition coefficient (Wildman–Crippen LogP) is 2.71. The average Bonchev–Trinajstić information content (AvgIpc) is 3.09. The minimum absolute atomic E-state index is 0.701. The lowest BCUT2D eigenvalue weighted by atomic mass is 10.0. The molecule has 1 aliphatic heterocycles. The molecule has 0 bridgehead atoms. The van der Waals surface area contributed by atoms with Gasteiger partial charge in [-0.2, -0.15) is 0 Å². The lowest BCUT2D eigenvalue weighted by molar-refractivity contribution is 0.232. The van der Waals surface area contributed by atoms with E-state index in [2.05, 4.69) is 38.9 Å². The van der Waals surface area contributed by atoms with Gasteiger partial charge >= 0.3 is 0 Å². The van der Waals surface area contributed by atoms with Crippen LogP contribution in [0.15, 0.2) is 30.9 Å². The minimum atomic E-state index is 0.701. The summed E-state index contributed by atoms with van der Waals surface area (Å²) >= 11 is 0. The van der Waals surface area contributed by atoms with Crippen LogP contribution in [0.3, 0.4) is 0 Å². The van der Waals surface area contributed by atoms with Crippen molar-refractivity contribution in [2.45, 2.75) is 45.2 Å². The molecule has 1 unspecified atom stereocenters. The normalized spacial score (nSPS) is 19.6. The van der Waals surface area contributed by atoms with Crippen LogP contribution in [0, 0.1) is 6.92 Å². The molecule has 0 saturated carbocycles. The van der Waals surface area contributed by atoms with Gasteiger partial charge in [-0.3, -0.25) is 9.88 Å². The number of H-pyrrole nitrogens is 1. The summed E-state index contributed by atoms with van der Waals surface area (Å²) in [5.41, 5.74) is 3.74. The molecule has 106 valence electrons. The molecule has 1 N–H and O–H groups in total.